The van der Waals surface area contributed by atoms with E-state index in [1.54, 1.807) is 0 Å². The number of likely N-dealkylation sites (tertiary alicyclic amines) is 2. The van der Waals surface area contributed by atoms with Gasteiger partial charge in [0, 0.05) is 38.0 Å². The van der Waals surface area contributed by atoms with Crippen molar-refractivity contribution in [1.82, 2.24) is 9.80 Å². The highest BCUT2D eigenvalue weighted by Crippen LogP contribution is 2.54. The maximum absolute atomic E-state index is 13.3. The van der Waals surface area contributed by atoms with Crippen molar-refractivity contribution in [3.63, 3.8) is 0 Å². The van der Waals surface area contributed by atoms with Crippen molar-refractivity contribution in [2.75, 3.05) is 19.7 Å². The van der Waals surface area contributed by atoms with Gasteiger partial charge in [-0.1, -0.05) is 42.5 Å². The molecule has 0 aromatic heterocycles. The number of benzene rings is 2. The summed E-state index contributed by atoms with van der Waals surface area (Å²) in [6.45, 7) is 2.13. The zero-order valence-corrected chi connectivity index (χ0v) is 16.5. The molecular formula is C24H27FN2O2. The predicted molar refractivity (Wildman–Crippen MR) is 109 cm³/mol. The molecule has 1 spiro atoms. The molecule has 2 aromatic carbocycles. The zero-order chi connectivity index (χ0) is 20.0. The number of amides is 1. The van der Waals surface area contributed by atoms with E-state index in [1.165, 1.54) is 30.5 Å². The van der Waals surface area contributed by atoms with Crippen LogP contribution in [-0.2, 0) is 11.3 Å². The number of nitrogens with zero attached hydrogens (tertiary/aromatic N) is 2. The molecule has 2 heterocycles. The van der Waals surface area contributed by atoms with Crippen molar-refractivity contribution < 1.29 is 14.3 Å². The fourth-order valence-electron chi connectivity index (χ4n) is 5.29. The number of carbonyl (C=O) groups is 1. The minimum absolute atomic E-state index is 0.00290. The number of rotatable bonds is 6. The van der Waals surface area contributed by atoms with Gasteiger partial charge in [0.25, 0.3) is 0 Å². The minimum atomic E-state index is -0.242. The number of halogens is 1. The quantitative estimate of drug-likeness (QED) is 0.819. The van der Waals surface area contributed by atoms with Crippen LogP contribution in [0.5, 0.6) is 0 Å². The van der Waals surface area contributed by atoms with Crippen molar-refractivity contribution in [3.8, 4) is 0 Å². The van der Waals surface area contributed by atoms with Gasteiger partial charge in [-0.25, -0.2) is 4.39 Å². The van der Waals surface area contributed by atoms with Crippen LogP contribution in [0.2, 0.25) is 0 Å². The van der Waals surface area contributed by atoms with Crippen LogP contribution in [0.1, 0.15) is 36.3 Å². The van der Waals surface area contributed by atoms with Crippen molar-refractivity contribution in [1.29, 1.82) is 0 Å². The summed E-state index contributed by atoms with van der Waals surface area (Å²) in [6.07, 6.45) is 3.04. The summed E-state index contributed by atoms with van der Waals surface area (Å²) in [5, 5.41) is 10.2. The van der Waals surface area contributed by atoms with E-state index in [2.05, 4.69) is 17.0 Å². The van der Waals surface area contributed by atoms with Gasteiger partial charge in [0.05, 0.1) is 12.1 Å². The molecule has 1 N–H and O–H groups in total. The van der Waals surface area contributed by atoms with Crippen LogP contribution < -0.4 is 0 Å². The van der Waals surface area contributed by atoms with Gasteiger partial charge in [-0.15, -0.1) is 0 Å². The topological polar surface area (TPSA) is 43.8 Å². The average molecular weight is 394 g/mol. The lowest BCUT2D eigenvalue weighted by molar-refractivity contribution is -0.200. The summed E-state index contributed by atoms with van der Waals surface area (Å²) in [6, 6.07) is 16.9. The van der Waals surface area contributed by atoms with E-state index < -0.39 is 0 Å². The summed E-state index contributed by atoms with van der Waals surface area (Å²) in [4.78, 5) is 16.9. The molecular weight excluding hydrogens is 367 g/mol. The minimum Gasteiger partial charge on any atom is -0.395 e. The van der Waals surface area contributed by atoms with Crippen LogP contribution >= 0.6 is 0 Å². The number of aliphatic hydroxyl groups excluding tert-OH is 1. The molecule has 0 radical (unpaired) electrons. The number of hydrogen-bond acceptors (Lipinski definition) is 3. The van der Waals surface area contributed by atoms with E-state index in [9.17, 15) is 14.3 Å². The SMILES string of the molecule is O=C(CC1CC1)N1CC2(C1)[C@H](c1ccccc1)[C@H](CO)N2Cc1ccc(F)cc1. The Labute approximate surface area is 170 Å². The molecule has 1 aliphatic carbocycles. The van der Waals surface area contributed by atoms with E-state index in [-0.39, 0.29) is 35.8 Å². The van der Waals surface area contributed by atoms with E-state index in [1.807, 2.05) is 35.2 Å². The van der Waals surface area contributed by atoms with Gasteiger partial charge in [-0.05, 0) is 42.0 Å². The highest BCUT2D eigenvalue weighted by Gasteiger charge is 2.66. The summed E-state index contributed by atoms with van der Waals surface area (Å²) in [5.74, 6) is 0.803. The molecule has 3 fully saturated rings. The zero-order valence-electron chi connectivity index (χ0n) is 16.5. The van der Waals surface area contributed by atoms with Gasteiger partial charge in [-0.2, -0.15) is 0 Å². The first-order chi connectivity index (χ1) is 14.1. The monoisotopic (exact) mass is 394 g/mol. The average Bonchev–Trinajstić information content (AvgIpc) is 3.50. The standard InChI is InChI=1S/C24H27FN2O2/c25-20-10-8-18(9-11-20)13-27-21(14-28)23(19-4-2-1-3-5-19)24(27)15-26(16-24)22(29)12-17-6-7-17/h1-5,8-11,17,21,23,28H,6-7,12-16H2/t21-,23+/m0/s1. The van der Waals surface area contributed by atoms with E-state index in [0.29, 0.717) is 32.0 Å². The molecule has 1 saturated carbocycles. The Kier molecular flexibility index (Phi) is 4.67. The van der Waals surface area contributed by atoms with E-state index in [4.69, 9.17) is 0 Å². The normalized spacial score (nSPS) is 25.5. The van der Waals surface area contributed by atoms with Crippen LogP contribution in [0.4, 0.5) is 4.39 Å². The molecule has 29 heavy (non-hydrogen) atoms. The van der Waals surface area contributed by atoms with Gasteiger partial charge in [0.2, 0.25) is 5.91 Å². The van der Waals surface area contributed by atoms with E-state index in [0.717, 1.165) is 5.56 Å². The lowest BCUT2D eigenvalue weighted by Crippen LogP contribution is -2.84. The number of carbonyl (C=O) groups excluding carboxylic acids is 1. The van der Waals surface area contributed by atoms with Crippen molar-refractivity contribution in [3.05, 3.63) is 71.5 Å². The number of hydrogen-bond donors (Lipinski definition) is 1. The molecule has 2 atom stereocenters. The van der Waals surface area contributed by atoms with Crippen molar-refractivity contribution in [2.45, 2.75) is 43.3 Å². The van der Waals surface area contributed by atoms with Crippen molar-refractivity contribution in [2.24, 2.45) is 5.92 Å². The van der Waals surface area contributed by atoms with Crippen LogP contribution in [-0.4, -0.2) is 52.1 Å². The largest absolute Gasteiger partial charge is 0.395 e. The third-order valence-electron chi connectivity index (χ3n) is 6.99. The smallest absolute Gasteiger partial charge is 0.222 e. The highest BCUT2D eigenvalue weighted by atomic mass is 19.1. The molecule has 2 aromatic rings. The maximum Gasteiger partial charge on any atom is 0.222 e. The lowest BCUT2D eigenvalue weighted by atomic mass is 9.60. The molecule has 5 heteroatoms. The molecule has 5 rings (SSSR count). The summed E-state index contributed by atoms with van der Waals surface area (Å²) >= 11 is 0. The van der Waals surface area contributed by atoms with Gasteiger partial charge in [0.15, 0.2) is 0 Å². The molecule has 0 unspecified atom stereocenters. The fraction of sp³-hybridized carbons (Fsp3) is 0.458. The van der Waals surface area contributed by atoms with Crippen molar-refractivity contribution >= 4 is 5.91 Å². The Hall–Kier alpha value is -2.24. The molecule has 0 bridgehead atoms. The van der Waals surface area contributed by atoms with Gasteiger partial charge in [0.1, 0.15) is 5.82 Å². The fourth-order valence-corrected chi connectivity index (χ4v) is 5.29. The Morgan fingerprint density at radius 1 is 1.07 bits per heavy atom. The highest BCUT2D eigenvalue weighted by molar-refractivity contribution is 5.78. The molecule has 152 valence electrons. The first-order valence-electron chi connectivity index (χ1n) is 10.6. The summed E-state index contributed by atoms with van der Waals surface area (Å²) in [5.41, 5.74) is 2.09. The molecule has 1 amide bonds. The second kappa shape index (κ2) is 7.22. The second-order valence-corrected chi connectivity index (χ2v) is 8.89. The second-order valence-electron chi connectivity index (χ2n) is 8.89. The van der Waals surface area contributed by atoms with Crippen LogP contribution in [0.25, 0.3) is 0 Å². The molecule has 2 saturated heterocycles. The third kappa shape index (κ3) is 3.26. The molecule has 2 aliphatic heterocycles. The van der Waals surface area contributed by atoms with Gasteiger partial charge in [-0.3, -0.25) is 9.69 Å². The van der Waals surface area contributed by atoms with Gasteiger partial charge >= 0.3 is 0 Å². The number of aliphatic hydroxyl groups is 1. The predicted octanol–water partition coefficient (Wildman–Crippen LogP) is 3.17. The van der Waals surface area contributed by atoms with Crippen LogP contribution in [0.3, 0.4) is 0 Å². The lowest BCUT2D eigenvalue weighted by Gasteiger charge is -2.71. The summed E-state index contributed by atoms with van der Waals surface area (Å²) in [7, 11) is 0. The van der Waals surface area contributed by atoms with E-state index >= 15 is 0 Å². The third-order valence-corrected chi connectivity index (χ3v) is 6.99. The maximum atomic E-state index is 13.3. The Morgan fingerprint density at radius 3 is 2.38 bits per heavy atom. The Morgan fingerprint density at radius 2 is 1.76 bits per heavy atom. The Bertz CT molecular complexity index is 876. The Balaban J connectivity index is 1.40. The summed E-state index contributed by atoms with van der Waals surface area (Å²) < 4.78 is 13.3. The molecule has 4 nitrogen and oxygen atoms in total. The first-order valence-corrected chi connectivity index (χ1v) is 10.6. The van der Waals surface area contributed by atoms with Crippen LogP contribution in [0.15, 0.2) is 54.6 Å². The molecule has 3 aliphatic rings. The van der Waals surface area contributed by atoms with Gasteiger partial charge < -0.3 is 10.0 Å². The van der Waals surface area contributed by atoms with Crippen LogP contribution in [0, 0.1) is 11.7 Å². The first kappa shape index (κ1) is 18.8.